The molecule has 0 aliphatic carbocycles. The van der Waals surface area contributed by atoms with Crippen LogP contribution in [-0.4, -0.2) is 24.3 Å². The van der Waals surface area contributed by atoms with E-state index >= 15 is 0 Å². The quantitative estimate of drug-likeness (QED) is 0.159. The van der Waals surface area contributed by atoms with Gasteiger partial charge in [-0.15, -0.1) is 0 Å². The van der Waals surface area contributed by atoms with E-state index in [2.05, 4.69) is 22.6 Å². The minimum atomic E-state index is -0.762. The molecule has 0 bridgehead atoms. The average Bonchev–Trinajstić information content (AvgIpc) is 3.61. The summed E-state index contributed by atoms with van der Waals surface area (Å²) in [6, 6.07) is 27.8. The first-order chi connectivity index (χ1) is 20.5. The molecule has 210 valence electrons. The van der Waals surface area contributed by atoms with Gasteiger partial charge in [0.15, 0.2) is 4.80 Å². The van der Waals surface area contributed by atoms with Crippen LogP contribution in [0, 0.1) is 3.57 Å². The Morgan fingerprint density at radius 1 is 1.00 bits per heavy atom. The smallest absolute Gasteiger partial charge is 0.338 e. The number of ether oxygens (including phenoxy) is 2. The van der Waals surface area contributed by atoms with Crippen molar-refractivity contribution in [2.24, 2.45) is 4.99 Å². The third-order valence-electron chi connectivity index (χ3n) is 6.83. The van der Waals surface area contributed by atoms with Gasteiger partial charge in [-0.25, -0.2) is 9.79 Å². The summed E-state index contributed by atoms with van der Waals surface area (Å²) in [6.07, 6.45) is 1.72. The van der Waals surface area contributed by atoms with Crippen LogP contribution < -0.4 is 19.6 Å². The molecule has 0 unspecified atom stereocenters. The molecule has 0 saturated carbocycles. The lowest BCUT2D eigenvalue weighted by Gasteiger charge is -2.26. The van der Waals surface area contributed by atoms with Gasteiger partial charge in [-0.1, -0.05) is 65.9 Å². The third-order valence-corrected chi connectivity index (χ3v) is 8.54. The van der Waals surface area contributed by atoms with Crippen LogP contribution >= 0.6 is 33.9 Å². The summed E-state index contributed by atoms with van der Waals surface area (Å²) in [6.45, 7) is 1.94. The first kappa shape index (κ1) is 27.9. The molecule has 3 aromatic carbocycles. The lowest BCUT2D eigenvalue weighted by molar-refractivity contribution is -0.138. The maximum Gasteiger partial charge on any atom is 0.338 e. The fraction of sp³-hybridized carbons (Fsp3) is 0.121. The highest BCUT2D eigenvalue weighted by Gasteiger charge is 2.35. The van der Waals surface area contributed by atoms with Crippen LogP contribution in [-0.2, 0) is 9.53 Å². The van der Waals surface area contributed by atoms with E-state index < -0.39 is 12.0 Å². The molecule has 9 heteroatoms. The Balaban J connectivity index is 1.55. The normalized spacial score (nSPS) is 14.8. The van der Waals surface area contributed by atoms with E-state index in [1.807, 2.05) is 91.0 Å². The second kappa shape index (κ2) is 11.9. The number of benzene rings is 3. The Morgan fingerprint density at radius 3 is 2.43 bits per heavy atom. The molecule has 1 aliphatic rings. The maximum atomic E-state index is 14.0. The summed E-state index contributed by atoms with van der Waals surface area (Å²) in [5.74, 6) is 1.39. The summed E-state index contributed by atoms with van der Waals surface area (Å²) < 4.78 is 20.1. The summed E-state index contributed by atoms with van der Waals surface area (Å²) in [4.78, 5) is 33.0. The van der Waals surface area contributed by atoms with Crippen molar-refractivity contribution in [1.29, 1.82) is 0 Å². The zero-order valence-electron chi connectivity index (χ0n) is 22.7. The highest BCUT2D eigenvalue weighted by molar-refractivity contribution is 14.1. The zero-order valence-corrected chi connectivity index (χ0v) is 25.7. The third kappa shape index (κ3) is 5.37. The number of esters is 1. The maximum absolute atomic E-state index is 14.0. The molecule has 3 heterocycles. The van der Waals surface area contributed by atoms with Crippen molar-refractivity contribution in [2.75, 3.05) is 13.7 Å². The number of halogens is 1. The number of rotatable bonds is 7. The fourth-order valence-corrected chi connectivity index (χ4v) is 6.21. The number of aromatic nitrogens is 1. The fourth-order valence-electron chi connectivity index (χ4n) is 4.87. The Kier molecular flexibility index (Phi) is 7.94. The minimum Gasteiger partial charge on any atom is -0.497 e. The van der Waals surface area contributed by atoms with Gasteiger partial charge in [-0.2, -0.15) is 0 Å². The number of methoxy groups -OCH3 is 1. The molecule has 0 spiro atoms. The van der Waals surface area contributed by atoms with E-state index in [-0.39, 0.29) is 12.2 Å². The molecule has 0 N–H and O–H groups in total. The highest BCUT2D eigenvalue weighted by atomic mass is 127. The van der Waals surface area contributed by atoms with Gasteiger partial charge in [-0.3, -0.25) is 9.36 Å². The van der Waals surface area contributed by atoms with Crippen molar-refractivity contribution in [3.8, 4) is 17.1 Å². The average molecular weight is 689 g/mol. The van der Waals surface area contributed by atoms with Crippen molar-refractivity contribution in [3.05, 3.63) is 137 Å². The Bertz CT molecular complexity index is 1970. The van der Waals surface area contributed by atoms with E-state index in [4.69, 9.17) is 18.9 Å². The number of thiazole rings is 1. The van der Waals surface area contributed by atoms with Gasteiger partial charge in [0, 0.05) is 20.8 Å². The van der Waals surface area contributed by atoms with Gasteiger partial charge in [0.05, 0.1) is 35.6 Å². The van der Waals surface area contributed by atoms with Crippen LogP contribution in [0.5, 0.6) is 5.75 Å². The van der Waals surface area contributed by atoms with Crippen LogP contribution in [0.2, 0.25) is 0 Å². The molecule has 0 saturated heterocycles. The van der Waals surface area contributed by atoms with Crippen molar-refractivity contribution in [2.45, 2.75) is 13.0 Å². The van der Waals surface area contributed by atoms with Crippen molar-refractivity contribution in [1.82, 2.24) is 4.57 Å². The number of carbonyl (C=O) groups excluding carboxylic acids is 1. The predicted octanol–water partition coefficient (Wildman–Crippen LogP) is 5.81. The van der Waals surface area contributed by atoms with Crippen molar-refractivity contribution >= 4 is 51.7 Å². The molecule has 5 aromatic rings. The SMILES string of the molecule is CCOC(=O)C1=C(c2ccccc2)N=c2s/c(=C\c3ccc(-c4ccc(I)cc4)o3)c(=O)n2[C@@H]1c1ccc(OC)cc1. The highest BCUT2D eigenvalue weighted by Crippen LogP contribution is 2.35. The van der Waals surface area contributed by atoms with Gasteiger partial charge in [0.1, 0.15) is 17.3 Å². The molecule has 0 amide bonds. The van der Waals surface area contributed by atoms with Crippen LogP contribution in [0.4, 0.5) is 0 Å². The van der Waals surface area contributed by atoms with Crippen LogP contribution in [0.3, 0.4) is 0 Å². The topological polar surface area (TPSA) is 83.0 Å². The number of fused-ring (bicyclic) bond motifs is 1. The summed E-state index contributed by atoms with van der Waals surface area (Å²) in [7, 11) is 1.59. The van der Waals surface area contributed by atoms with E-state index in [0.29, 0.717) is 37.9 Å². The van der Waals surface area contributed by atoms with Gasteiger partial charge >= 0.3 is 5.97 Å². The lowest BCUT2D eigenvalue weighted by atomic mass is 9.93. The lowest BCUT2D eigenvalue weighted by Crippen LogP contribution is -2.40. The van der Waals surface area contributed by atoms with E-state index in [1.165, 1.54) is 11.3 Å². The summed E-state index contributed by atoms with van der Waals surface area (Å²) in [5, 5.41) is 0. The number of carbonyl (C=O) groups is 1. The van der Waals surface area contributed by atoms with E-state index in [0.717, 1.165) is 20.3 Å². The van der Waals surface area contributed by atoms with Gasteiger partial charge in [0.2, 0.25) is 0 Å². The Labute approximate surface area is 259 Å². The van der Waals surface area contributed by atoms with Crippen molar-refractivity contribution in [3.63, 3.8) is 0 Å². The minimum absolute atomic E-state index is 0.186. The Morgan fingerprint density at radius 2 is 1.74 bits per heavy atom. The van der Waals surface area contributed by atoms with E-state index in [9.17, 15) is 9.59 Å². The van der Waals surface area contributed by atoms with Crippen LogP contribution in [0.1, 0.15) is 29.9 Å². The first-order valence-corrected chi connectivity index (χ1v) is 15.1. The number of furan rings is 1. The zero-order chi connectivity index (χ0) is 29.2. The molecule has 42 heavy (non-hydrogen) atoms. The molecular weight excluding hydrogens is 663 g/mol. The summed E-state index contributed by atoms with van der Waals surface area (Å²) >= 11 is 3.51. The molecule has 0 radical (unpaired) electrons. The first-order valence-electron chi connectivity index (χ1n) is 13.2. The van der Waals surface area contributed by atoms with Gasteiger partial charge in [-0.05, 0) is 71.5 Å². The second-order valence-corrected chi connectivity index (χ2v) is 11.7. The van der Waals surface area contributed by atoms with Gasteiger partial charge in [0.25, 0.3) is 5.56 Å². The van der Waals surface area contributed by atoms with Crippen molar-refractivity contribution < 1.29 is 18.7 Å². The van der Waals surface area contributed by atoms with Gasteiger partial charge < -0.3 is 13.9 Å². The molecule has 6 rings (SSSR count). The number of nitrogens with zero attached hydrogens (tertiary/aromatic N) is 2. The molecule has 1 atom stereocenters. The molecule has 7 nitrogen and oxygen atoms in total. The standard InChI is InChI=1S/C33H25IN2O5S/c1-3-40-32(38)28-29(21-7-5-4-6-8-21)35-33-36(30(28)22-11-15-24(39-2)16-12-22)31(37)27(42-33)19-25-17-18-26(41-25)20-9-13-23(34)14-10-20/h4-19,30H,3H2,1-2H3/b27-19-/t30-/m1/s1. The second-order valence-electron chi connectivity index (χ2n) is 9.41. The van der Waals surface area contributed by atoms with Crippen LogP contribution in [0.25, 0.3) is 23.1 Å². The molecule has 0 fully saturated rings. The summed E-state index contributed by atoms with van der Waals surface area (Å²) in [5.41, 5.74) is 2.93. The molecular formula is C33H25IN2O5S. The predicted molar refractivity (Wildman–Crippen MR) is 171 cm³/mol. The molecule has 1 aliphatic heterocycles. The Hall–Kier alpha value is -4.22. The number of hydrogen-bond acceptors (Lipinski definition) is 7. The largest absolute Gasteiger partial charge is 0.497 e. The van der Waals surface area contributed by atoms with E-state index in [1.54, 1.807) is 24.7 Å². The monoisotopic (exact) mass is 688 g/mol. The van der Waals surface area contributed by atoms with Crippen LogP contribution in [0.15, 0.2) is 111 Å². The number of hydrogen-bond donors (Lipinski definition) is 0. The molecule has 2 aromatic heterocycles.